The molecule has 2 aliphatic heterocycles. The van der Waals surface area contributed by atoms with E-state index in [9.17, 15) is 14.4 Å². The molecule has 1 saturated heterocycles. The Morgan fingerprint density at radius 2 is 1.90 bits per heavy atom. The minimum absolute atomic E-state index is 0.0832. The van der Waals surface area contributed by atoms with Crippen LogP contribution in [0.3, 0.4) is 0 Å². The summed E-state index contributed by atoms with van der Waals surface area (Å²) >= 11 is 3.41. The summed E-state index contributed by atoms with van der Waals surface area (Å²) in [6, 6.07) is 4.30. The van der Waals surface area contributed by atoms with E-state index in [0.717, 1.165) is 11.1 Å². The van der Waals surface area contributed by atoms with Crippen molar-refractivity contribution in [1.29, 1.82) is 0 Å². The summed E-state index contributed by atoms with van der Waals surface area (Å²) in [5.41, 5.74) is 4.32. The predicted molar refractivity (Wildman–Crippen MR) is 188 cm³/mol. The number of ketones is 1. The summed E-state index contributed by atoms with van der Waals surface area (Å²) in [5.74, 6) is -0.0163. The number of halogens is 1. The molecular weight excluding hydrogens is 704 g/mol. The van der Waals surface area contributed by atoms with Crippen LogP contribution in [0.2, 0.25) is 0 Å². The summed E-state index contributed by atoms with van der Waals surface area (Å²) in [4.78, 5) is 60.7. The van der Waals surface area contributed by atoms with E-state index < -0.39 is 6.04 Å². The van der Waals surface area contributed by atoms with Gasteiger partial charge in [-0.05, 0) is 53.4 Å². The zero-order valence-corrected chi connectivity index (χ0v) is 29.4. The number of aromatic nitrogens is 8. The van der Waals surface area contributed by atoms with E-state index in [2.05, 4.69) is 58.0 Å². The Balaban J connectivity index is 1.25. The monoisotopic (exact) mass is 738 g/mol. The summed E-state index contributed by atoms with van der Waals surface area (Å²) in [6.45, 7) is 10.2. The minimum Gasteiger partial charge on any atom is -0.372 e. The second-order valence-electron chi connectivity index (χ2n) is 12.6. The van der Waals surface area contributed by atoms with Gasteiger partial charge in [0.25, 0.3) is 0 Å². The SMILES string of the molecule is C=C1COCc2ccc(Br)nc2NC(=O)[C@@H]2C[C@H](Cn3cc1cn3)[C@@H](CC)N2C(=O)Cn1nc(C(C)=O)c2cc(-c3cnc(C)nc3)ncc21. The van der Waals surface area contributed by atoms with Crippen LogP contribution in [-0.4, -0.2) is 80.7 Å². The van der Waals surface area contributed by atoms with Crippen LogP contribution >= 0.6 is 15.9 Å². The molecule has 5 aromatic rings. The van der Waals surface area contributed by atoms with Gasteiger partial charge >= 0.3 is 0 Å². The van der Waals surface area contributed by atoms with Crippen molar-refractivity contribution in [2.24, 2.45) is 5.92 Å². The second-order valence-corrected chi connectivity index (χ2v) is 13.4. The van der Waals surface area contributed by atoms with Crippen LogP contribution in [0.25, 0.3) is 27.7 Å². The highest BCUT2D eigenvalue weighted by Crippen LogP contribution is 2.35. The molecule has 0 unspecified atom stereocenters. The fraction of sp³-hybridized carbons (Fsp3) is 0.343. The Bertz CT molecular complexity index is 2140. The molecule has 4 bridgehead atoms. The van der Waals surface area contributed by atoms with Gasteiger partial charge in [0.2, 0.25) is 11.8 Å². The van der Waals surface area contributed by atoms with Crippen LogP contribution in [0.1, 0.15) is 54.1 Å². The molecular formula is C35H35BrN10O4. The number of hydrogen-bond donors (Lipinski definition) is 1. The van der Waals surface area contributed by atoms with Gasteiger partial charge in [-0.25, -0.2) is 15.0 Å². The standard InChI is InChI=1S/C35H35BrN10O4/c1-5-28-23-8-29(35(49)42-34-22(6-7-31(36)41-34)18-50-17-19(2)25-12-40-44(14-23)15-25)46(28)32(48)16-45-30-13-39-27(24-10-37-21(4)38-11-24)9-26(30)33(43-45)20(3)47/h6-7,9-13,15,23,28-29H,2,5,8,14,16-18H2,1,3-4H3,(H,41,42,49)/t23-,28-,29+/m1/s1. The fourth-order valence-corrected chi connectivity index (χ4v) is 7.13. The lowest BCUT2D eigenvalue weighted by Crippen LogP contribution is -2.48. The lowest BCUT2D eigenvalue weighted by Gasteiger charge is -2.31. The maximum Gasteiger partial charge on any atom is 0.248 e. The van der Waals surface area contributed by atoms with Gasteiger partial charge in [0.05, 0.1) is 36.8 Å². The van der Waals surface area contributed by atoms with E-state index in [4.69, 9.17) is 4.74 Å². The van der Waals surface area contributed by atoms with Crippen LogP contribution in [-0.2, 0) is 34.0 Å². The molecule has 1 N–H and O–H groups in total. The number of amides is 2. The molecule has 5 aromatic heterocycles. The van der Waals surface area contributed by atoms with Crippen LogP contribution in [0.4, 0.5) is 5.82 Å². The van der Waals surface area contributed by atoms with Gasteiger partial charge in [-0.15, -0.1) is 0 Å². The highest BCUT2D eigenvalue weighted by atomic mass is 79.9. The lowest BCUT2D eigenvalue weighted by atomic mass is 9.97. The van der Waals surface area contributed by atoms with Gasteiger partial charge in [0.1, 0.15) is 34.5 Å². The number of pyridine rings is 2. The van der Waals surface area contributed by atoms with E-state index >= 15 is 0 Å². The molecule has 1 fully saturated rings. The molecule has 0 spiro atoms. The third-order valence-corrected chi connectivity index (χ3v) is 9.73. The van der Waals surface area contributed by atoms with Gasteiger partial charge < -0.3 is 15.0 Å². The molecule has 256 valence electrons. The maximum absolute atomic E-state index is 14.5. The number of likely N-dealkylation sites (tertiary alicyclic amines) is 1. The van der Waals surface area contributed by atoms with Gasteiger partial charge in [-0.2, -0.15) is 10.2 Å². The van der Waals surface area contributed by atoms with Crippen molar-refractivity contribution in [3.8, 4) is 11.3 Å². The number of fused-ring (bicyclic) bond motifs is 6. The Hall–Kier alpha value is -5.15. The third-order valence-electron chi connectivity index (χ3n) is 9.29. The lowest BCUT2D eigenvalue weighted by molar-refractivity contribution is -0.139. The third kappa shape index (κ3) is 6.45. The van der Waals surface area contributed by atoms with Crippen LogP contribution in [0, 0.1) is 12.8 Å². The quantitative estimate of drug-likeness (QED) is 0.199. The first kappa shape index (κ1) is 33.4. The number of Topliss-reactive ketones (excluding diaryl/α,β-unsaturated/α-hetero) is 1. The molecule has 15 heteroatoms. The molecule has 0 aliphatic carbocycles. The topological polar surface area (TPSA) is 163 Å². The molecule has 2 amide bonds. The van der Waals surface area contributed by atoms with E-state index in [1.54, 1.807) is 48.7 Å². The van der Waals surface area contributed by atoms with E-state index in [1.165, 1.54) is 11.6 Å². The first-order chi connectivity index (χ1) is 24.1. The summed E-state index contributed by atoms with van der Waals surface area (Å²) in [5, 5.41) is 12.7. The van der Waals surface area contributed by atoms with Crippen molar-refractivity contribution in [3.05, 3.63) is 83.0 Å². The molecule has 14 nitrogen and oxygen atoms in total. The van der Waals surface area contributed by atoms with Crippen molar-refractivity contribution in [2.75, 3.05) is 11.9 Å². The zero-order chi connectivity index (χ0) is 35.1. The second kappa shape index (κ2) is 13.6. The van der Waals surface area contributed by atoms with E-state index in [-0.39, 0.29) is 55.0 Å². The zero-order valence-electron chi connectivity index (χ0n) is 27.8. The summed E-state index contributed by atoms with van der Waals surface area (Å²) in [6.07, 6.45) is 9.64. The van der Waals surface area contributed by atoms with Crippen molar-refractivity contribution < 1.29 is 19.1 Å². The highest BCUT2D eigenvalue weighted by molar-refractivity contribution is 9.10. The molecule has 2 aliphatic rings. The normalized spacial score (nSPS) is 19.5. The van der Waals surface area contributed by atoms with Gasteiger partial charge in [-0.1, -0.05) is 19.6 Å². The van der Waals surface area contributed by atoms with Gasteiger partial charge in [0, 0.05) is 66.1 Å². The minimum atomic E-state index is -0.803. The average Bonchev–Trinajstić information content (AvgIpc) is 3.81. The Kier molecular flexibility index (Phi) is 9.09. The molecule has 0 aromatic carbocycles. The van der Waals surface area contributed by atoms with E-state index in [1.807, 2.05) is 23.9 Å². The van der Waals surface area contributed by atoms with Crippen LogP contribution in [0.15, 0.2) is 60.4 Å². The molecule has 0 radical (unpaired) electrons. The first-order valence-corrected chi connectivity index (χ1v) is 17.1. The van der Waals surface area contributed by atoms with Crippen molar-refractivity contribution in [1.82, 2.24) is 44.4 Å². The smallest absolute Gasteiger partial charge is 0.248 e. The summed E-state index contributed by atoms with van der Waals surface area (Å²) in [7, 11) is 0. The maximum atomic E-state index is 14.5. The number of rotatable bonds is 5. The number of carbonyl (C=O) groups excluding carboxylic acids is 3. The number of anilines is 1. The molecule has 0 saturated carbocycles. The molecule has 50 heavy (non-hydrogen) atoms. The Morgan fingerprint density at radius 3 is 2.66 bits per heavy atom. The van der Waals surface area contributed by atoms with E-state index in [0.29, 0.717) is 63.4 Å². The number of carbonyl (C=O) groups is 3. The van der Waals surface area contributed by atoms with Crippen molar-refractivity contribution >= 4 is 55.8 Å². The molecule has 7 rings (SSSR count). The Labute approximate surface area is 296 Å². The first-order valence-electron chi connectivity index (χ1n) is 16.3. The Morgan fingerprint density at radius 1 is 1.10 bits per heavy atom. The average molecular weight is 740 g/mol. The summed E-state index contributed by atoms with van der Waals surface area (Å²) < 4.78 is 9.83. The largest absolute Gasteiger partial charge is 0.372 e. The molecule has 7 heterocycles. The van der Waals surface area contributed by atoms with Crippen molar-refractivity contribution in [3.63, 3.8) is 0 Å². The molecule has 3 atom stereocenters. The van der Waals surface area contributed by atoms with Gasteiger partial charge in [-0.3, -0.25) is 28.7 Å². The van der Waals surface area contributed by atoms with Gasteiger partial charge in [0.15, 0.2) is 5.78 Å². The number of aryl methyl sites for hydroxylation is 1. The fourth-order valence-electron chi connectivity index (χ4n) is 6.82. The number of ether oxygens (including phenoxy) is 1. The highest BCUT2D eigenvalue weighted by Gasteiger charge is 2.46. The number of nitrogens with zero attached hydrogens (tertiary/aromatic N) is 9. The predicted octanol–water partition coefficient (Wildman–Crippen LogP) is 4.63. The van der Waals surface area contributed by atoms with Crippen molar-refractivity contribution in [2.45, 2.75) is 65.4 Å². The number of hydrogen-bond acceptors (Lipinski definition) is 10. The van der Waals surface area contributed by atoms with Crippen LogP contribution in [0.5, 0.6) is 0 Å². The number of nitrogens with one attached hydrogen (secondary N) is 1. The van der Waals surface area contributed by atoms with Crippen LogP contribution < -0.4 is 5.32 Å².